The number of hydrogen-bond acceptors (Lipinski definition) is 3. The van der Waals surface area contributed by atoms with Crippen molar-refractivity contribution in [3.8, 4) is 5.75 Å². The minimum Gasteiger partial charge on any atom is -0.497 e. The number of methoxy groups -OCH3 is 1. The fraction of sp³-hybridized carbons (Fsp3) is 0.389. The van der Waals surface area contributed by atoms with Crippen molar-refractivity contribution in [2.75, 3.05) is 7.11 Å². The third kappa shape index (κ3) is 3.08. The van der Waals surface area contributed by atoms with E-state index in [0.29, 0.717) is 6.42 Å². The van der Waals surface area contributed by atoms with Crippen molar-refractivity contribution in [2.45, 2.75) is 38.2 Å². The van der Waals surface area contributed by atoms with E-state index in [-0.39, 0.29) is 5.92 Å². The summed E-state index contributed by atoms with van der Waals surface area (Å²) in [6.07, 6.45) is 3.17. The zero-order valence-electron chi connectivity index (χ0n) is 12.9. The molecule has 2 atom stereocenters. The number of aromatic nitrogens is 1. The second-order valence-corrected chi connectivity index (χ2v) is 5.23. The van der Waals surface area contributed by atoms with Crippen LogP contribution in [-0.4, -0.2) is 17.2 Å². The topological polar surface area (TPSA) is 42.4 Å². The third-order valence-corrected chi connectivity index (χ3v) is 4.13. The average Bonchev–Trinajstić information content (AvgIpc) is 2.56. The lowest BCUT2D eigenvalue weighted by Crippen LogP contribution is -2.33. The Balaban J connectivity index is 2.46. The van der Waals surface area contributed by atoms with Gasteiger partial charge in [0.05, 0.1) is 12.8 Å². The number of rotatable bonds is 6. The molecule has 0 saturated carbocycles. The molecule has 0 aliphatic carbocycles. The van der Waals surface area contributed by atoms with Crippen molar-refractivity contribution < 1.29 is 9.84 Å². The molecule has 0 aliphatic heterocycles. The summed E-state index contributed by atoms with van der Waals surface area (Å²) in [6, 6.07) is 13.6. The van der Waals surface area contributed by atoms with Crippen LogP contribution in [0.3, 0.4) is 0 Å². The van der Waals surface area contributed by atoms with Gasteiger partial charge in [0, 0.05) is 12.1 Å². The van der Waals surface area contributed by atoms with Gasteiger partial charge in [-0.3, -0.25) is 4.98 Å². The van der Waals surface area contributed by atoms with Crippen molar-refractivity contribution in [1.29, 1.82) is 0 Å². The number of pyridine rings is 1. The number of aliphatic hydroxyl groups is 1. The van der Waals surface area contributed by atoms with Gasteiger partial charge in [0.2, 0.25) is 0 Å². The summed E-state index contributed by atoms with van der Waals surface area (Å²) < 4.78 is 5.30. The highest BCUT2D eigenvalue weighted by atomic mass is 16.5. The van der Waals surface area contributed by atoms with Crippen LogP contribution in [0.4, 0.5) is 0 Å². The summed E-state index contributed by atoms with van der Waals surface area (Å²) in [7, 11) is 1.66. The Labute approximate surface area is 126 Å². The first-order chi connectivity index (χ1) is 10.2. The molecule has 0 spiro atoms. The first-order valence-corrected chi connectivity index (χ1v) is 7.43. The lowest BCUT2D eigenvalue weighted by Gasteiger charge is -2.35. The van der Waals surface area contributed by atoms with Gasteiger partial charge in [0.25, 0.3) is 0 Å². The summed E-state index contributed by atoms with van der Waals surface area (Å²) >= 11 is 0. The van der Waals surface area contributed by atoms with Gasteiger partial charge in [-0.05, 0) is 42.7 Å². The second kappa shape index (κ2) is 6.72. The van der Waals surface area contributed by atoms with Gasteiger partial charge >= 0.3 is 0 Å². The summed E-state index contributed by atoms with van der Waals surface area (Å²) in [5.74, 6) is 0.790. The Hall–Kier alpha value is -1.87. The highest BCUT2D eigenvalue weighted by molar-refractivity contribution is 5.34. The fourth-order valence-electron chi connectivity index (χ4n) is 2.93. The molecule has 3 heteroatoms. The molecule has 3 nitrogen and oxygen atoms in total. The van der Waals surface area contributed by atoms with Crippen molar-refractivity contribution in [3.63, 3.8) is 0 Å². The first-order valence-electron chi connectivity index (χ1n) is 7.43. The molecule has 0 unspecified atom stereocenters. The lowest BCUT2D eigenvalue weighted by atomic mass is 9.76. The van der Waals surface area contributed by atoms with Crippen LogP contribution < -0.4 is 4.74 Å². The minimum atomic E-state index is -0.970. The van der Waals surface area contributed by atoms with Crippen LogP contribution in [0.25, 0.3) is 0 Å². The maximum atomic E-state index is 11.3. The molecule has 1 heterocycles. The smallest absolute Gasteiger partial charge is 0.119 e. The summed E-state index contributed by atoms with van der Waals surface area (Å²) in [4.78, 5) is 4.38. The van der Waals surface area contributed by atoms with Crippen LogP contribution in [0.5, 0.6) is 5.75 Å². The number of benzene rings is 1. The largest absolute Gasteiger partial charge is 0.497 e. The van der Waals surface area contributed by atoms with E-state index in [0.717, 1.165) is 23.4 Å². The summed E-state index contributed by atoms with van der Waals surface area (Å²) in [5.41, 5.74) is 0.830. The van der Waals surface area contributed by atoms with Gasteiger partial charge in [-0.2, -0.15) is 0 Å². The molecule has 2 rings (SSSR count). The van der Waals surface area contributed by atoms with E-state index in [2.05, 4.69) is 11.9 Å². The summed E-state index contributed by atoms with van der Waals surface area (Å²) in [6.45, 7) is 4.09. The van der Waals surface area contributed by atoms with Crippen molar-refractivity contribution >= 4 is 0 Å². The first kappa shape index (κ1) is 15.5. The molecule has 1 aromatic heterocycles. The molecule has 0 fully saturated rings. The van der Waals surface area contributed by atoms with Crippen LogP contribution >= 0.6 is 0 Å². The maximum absolute atomic E-state index is 11.3. The standard InChI is InChI=1S/C18H23NO2/c1-4-16(14-9-8-10-15(13-14)21-3)18(20,5-2)17-11-6-7-12-19-17/h6-13,16,20H,4-5H2,1-3H3/t16-,18-/m0/s1. The fourth-order valence-corrected chi connectivity index (χ4v) is 2.93. The zero-order valence-corrected chi connectivity index (χ0v) is 12.9. The highest BCUT2D eigenvalue weighted by Crippen LogP contribution is 2.41. The van der Waals surface area contributed by atoms with E-state index >= 15 is 0 Å². The highest BCUT2D eigenvalue weighted by Gasteiger charge is 2.38. The molecule has 1 N–H and O–H groups in total. The Bertz CT molecular complexity index is 570. The number of hydrogen-bond donors (Lipinski definition) is 1. The molecule has 0 saturated heterocycles. The van der Waals surface area contributed by atoms with Crippen molar-refractivity contribution in [2.24, 2.45) is 0 Å². The van der Waals surface area contributed by atoms with Crippen LogP contribution in [0.15, 0.2) is 48.7 Å². The maximum Gasteiger partial charge on any atom is 0.119 e. The predicted octanol–water partition coefficient (Wildman–Crippen LogP) is 3.88. The van der Waals surface area contributed by atoms with E-state index in [9.17, 15) is 5.11 Å². The van der Waals surface area contributed by atoms with E-state index in [4.69, 9.17) is 4.74 Å². The van der Waals surface area contributed by atoms with E-state index in [1.165, 1.54) is 0 Å². The number of ether oxygens (including phenoxy) is 1. The Morgan fingerprint density at radius 2 is 2.00 bits per heavy atom. The van der Waals surface area contributed by atoms with Gasteiger partial charge in [-0.25, -0.2) is 0 Å². The monoisotopic (exact) mass is 285 g/mol. The molecule has 0 radical (unpaired) electrons. The van der Waals surface area contributed by atoms with Gasteiger partial charge in [-0.15, -0.1) is 0 Å². The van der Waals surface area contributed by atoms with Crippen LogP contribution in [0, 0.1) is 0 Å². The molecule has 0 aliphatic rings. The van der Waals surface area contributed by atoms with E-state index < -0.39 is 5.60 Å². The molecular formula is C18H23NO2. The molecule has 2 aromatic rings. The lowest BCUT2D eigenvalue weighted by molar-refractivity contribution is -0.00268. The SMILES string of the molecule is CC[C@@H](c1cccc(OC)c1)[C@@](O)(CC)c1ccccn1. The van der Waals surface area contributed by atoms with Gasteiger partial charge in [0.1, 0.15) is 11.4 Å². The molecular weight excluding hydrogens is 262 g/mol. The molecule has 0 amide bonds. The molecule has 1 aromatic carbocycles. The zero-order chi connectivity index (χ0) is 15.3. The molecule has 21 heavy (non-hydrogen) atoms. The average molecular weight is 285 g/mol. The van der Waals surface area contributed by atoms with E-state index in [1.807, 2.05) is 49.4 Å². The third-order valence-electron chi connectivity index (χ3n) is 4.13. The Kier molecular flexibility index (Phi) is 4.97. The van der Waals surface area contributed by atoms with Gasteiger partial charge in [-0.1, -0.05) is 32.0 Å². The van der Waals surface area contributed by atoms with Gasteiger partial charge < -0.3 is 9.84 Å². The Morgan fingerprint density at radius 3 is 2.57 bits per heavy atom. The van der Waals surface area contributed by atoms with Gasteiger partial charge in [0.15, 0.2) is 0 Å². The van der Waals surface area contributed by atoms with Crippen molar-refractivity contribution in [1.82, 2.24) is 4.98 Å². The molecule has 112 valence electrons. The minimum absolute atomic E-state index is 0.0208. The van der Waals surface area contributed by atoms with Crippen LogP contribution in [0.2, 0.25) is 0 Å². The van der Waals surface area contributed by atoms with Crippen molar-refractivity contribution in [3.05, 3.63) is 59.9 Å². The normalized spacial score (nSPS) is 15.2. The summed E-state index contributed by atoms with van der Waals surface area (Å²) in [5, 5.41) is 11.3. The second-order valence-electron chi connectivity index (χ2n) is 5.23. The number of nitrogens with zero attached hydrogens (tertiary/aromatic N) is 1. The quantitative estimate of drug-likeness (QED) is 0.875. The molecule has 0 bridgehead atoms. The van der Waals surface area contributed by atoms with Crippen LogP contribution in [-0.2, 0) is 5.60 Å². The Morgan fingerprint density at radius 1 is 1.19 bits per heavy atom. The predicted molar refractivity (Wildman–Crippen MR) is 84.5 cm³/mol. The van der Waals surface area contributed by atoms with E-state index in [1.54, 1.807) is 13.3 Å². The van der Waals surface area contributed by atoms with Crippen LogP contribution in [0.1, 0.15) is 43.9 Å².